The summed E-state index contributed by atoms with van der Waals surface area (Å²) in [6.45, 7) is 1.08. The lowest BCUT2D eigenvalue weighted by Gasteiger charge is -2.26. The monoisotopic (exact) mass is 288 g/mol. The Morgan fingerprint density at radius 1 is 1.40 bits per heavy atom. The number of aromatic nitrogens is 1. The number of rotatable bonds is 2. The lowest BCUT2D eigenvalue weighted by atomic mass is 10.1. The quantitative estimate of drug-likeness (QED) is 0.918. The van der Waals surface area contributed by atoms with Crippen molar-refractivity contribution in [2.45, 2.75) is 13.0 Å². The Kier molecular flexibility index (Phi) is 3.23. The van der Waals surface area contributed by atoms with Crippen LogP contribution in [0.4, 0.5) is 0 Å². The molecule has 1 N–H and O–H groups in total. The topological polar surface area (TPSA) is 70.5 Å². The Bertz CT molecular complexity index is 666. The summed E-state index contributed by atoms with van der Waals surface area (Å²) >= 11 is 1.30. The first-order valence-corrected chi connectivity index (χ1v) is 7.01. The lowest BCUT2D eigenvalue weighted by Crippen LogP contribution is -2.35. The van der Waals surface area contributed by atoms with Gasteiger partial charge < -0.3 is 10.0 Å². The van der Waals surface area contributed by atoms with Crippen LogP contribution in [-0.2, 0) is 13.0 Å². The molecule has 1 aliphatic heterocycles. The van der Waals surface area contributed by atoms with Crippen molar-refractivity contribution < 1.29 is 14.7 Å². The van der Waals surface area contributed by atoms with E-state index in [1.54, 1.807) is 35.5 Å². The van der Waals surface area contributed by atoms with Crippen molar-refractivity contribution in [1.82, 2.24) is 9.88 Å². The number of amides is 1. The summed E-state index contributed by atoms with van der Waals surface area (Å²) in [7, 11) is 0. The predicted octanol–water partition coefficient (Wildman–Crippen LogP) is 2.04. The molecule has 1 aliphatic rings. The molecule has 3 heterocycles. The highest BCUT2D eigenvalue weighted by Gasteiger charge is 2.24. The van der Waals surface area contributed by atoms with Crippen molar-refractivity contribution in [2.24, 2.45) is 0 Å². The zero-order valence-corrected chi connectivity index (χ0v) is 11.4. The molecule has 1 amide bonds. The summed E-state index contributed by atoms with van der Waals surface area (Å²) in [5.41, 5.74) is 1.50. The highest BCUT2D eigenvalue weighted by Crippen LogP contribution is 2.28. The summed E-state index contributed by atoms with van der Waals surface area (Å²) in [6, 6.07) is 5.14. The standard InChI is InChI=1S/C14H12N2O3S/c17-13(9-2-1-4-15-7-9)16-5-3-11-10(8-16)6-12(20-11)14(18)19/h1-2,4,6-7H,3,5,8H2,(H,18,19). The van der Waals surface area contributed by atoms with E-state index in [9.17, 15) is 9.59 Å². The van der Waals surface area contributed by atoms with Gasteiger partial charge in [0.1, 0.15) is 4.88 Å². The van der Waals surface area contributed by atoms with Gasteiger partial charge >= 0.3 is 5.97 Å². The Hall–Kier alpha value is -2.21. The summed E-state index contributed by atoms with van der Waals surface area (Å²) < 4.78 is 0. The van der Waals surface area contributed by atoms with E-state index in [1.165, 1.54) is 11.3 Å². The summed E-state index contributed by atoms with van der Waals surface area (Å²) in [6.07, 6.45) is 3.89. The largest absolute Gasteiger partial charge is 0.477 e. The van der Waals surface area contributed by atoms with Gasteiger partial charge in [0.15, 0.2) is 0 Å². The van der Waals surface area contributed by atoms with Crippen LogP contribution in [0, 0.1) is 0 Å². The molecule has 2 aromatic rings. The normalized spacial score (nSPS) is 13.9. The van der Waals surface area contributed by atoms with Gasteiger partial charge in [0.25, 0.3) is 5.91 Å². The number of aromatic carboxylic acids is 1. The molecule has 0 spiro atoms. The number of hydrogen-bond acceptors (Lipinski definition) is 4. The molecule has 0 atom stereocenters. The number of pyridine rings is 1. The molecule has 0 saturated heterocycles. The van der Waals surface area contributed by atoms with Crippen LogP contribution in [0.3, 0.4) is 0 Å². The van der Waals surface area contributed by atoms with Crippen LogP contribution in [0.1, 0.15) is 30.5 Å². The fourth-order valence-corrected chi connectivity index (χ4v) is 3.29. The Balaban J connectivity index is 1.82. The number of hydrogen-bond donors (Lipinski definition) is 1. The molecule has 0 aromatic carbocycles. The van der Waals surface area contributed by atoms with Crippen LogP contribution >= 0.6 is 11.3 Å². The van der Waals surface area contributed by atoms with E-state index in [2.05, 4.69) is 4.98 Å². The van der Waals surface area contributed by atoms with Crippen LogP contribution in [0.2, 0.25) is 0 Å². The second-order valence-corrected chi connectivity index (χ2v) is 5.72. The molecule has 102 valence electrons. The number of carboxylic acids is 1. The number of thiophene rings is 1. The van der Waals surface area contributed by atoms with Crippen LogP contribution in [-0.4, -0.2) is 33.4 Å². The van der Waals surface area contributed by atoms with Crippen LogP contribution < -0.4 is 0 Å². The van der Waals surface area contributed by atoms with E-state index in [4.69, 9.17) is 5.11 Å². The van der Waals surface area contributed by atoms with Gasteiger partial charge in [-0.25, -0.2) is 4.79 Å². The summed E-state index contributed by atoms with van der Waals surface area (Å²) in [5.74, 6) is -0.971. The Morgan fingerprint density at radius 3 is 2.95 bits per heavy atom. The van der Waals surface area contributed by atoms with Crippen molar-refractivity contribution >= 4 is 23.2 Å². The minimum Gasteiger partial charge on any atom is -0.477 e. The summed E-state index contributed by atoms with van der Waals surface area (Å²) in [5, 5.41) is 9.01. The van der Waals surface area contributed by atoms with E-state index in [1.807, 2.05) is 0 Å². The summed E-state index contributed by atoms with van der Waals surface area (Å²) in [4.78, 5) is 30.4. The zero-order valence-electron chi connectivity index (χ0n) is 10.6. The van der Waals surface area contributed by atoms with Gasteiger partial charge in [0, 0.05) is 30.4 Å². The highest BCUT2D eigenvalue weighted by atomic mass is 32.1. The third-order valence-electron chi connectivity index (χ3n) is 3.27. The van der Waals surface area contributed by atoms with Crippen LogP contribution in [0.5, 0.6) is 0 Å². The molecule has 0 saturated carbocycles. The number of nitrogens with zero attached hydrogens (tertiary/aromatic N) is 2. The van der Waals surface area contributed by atoms with Gasteiger partial charge in [0.2, 0.25) is 0 Å². The fraction of sp³-hybridized carbons (Fsp3) is 0.214. The number of carbonyl (C=O) groups excluding carboxylic acids is 1. The van der Waals surface area contributed by atoms with E-state index < -0.39 is 5.97 Å². The van der Waals surface area contributed by atoms with E-state index >= 15 is 0 Å². The maximum absolute atomic E-state index is 12.3. The lowest BCUT2D eigenvalue weighted by molar-refractivity contribution is 0.0701. The molecule has 2 aromatic heterocycles. The first kappa shape index (κ1) is 12.8. The number of carboxylic acid groups (broad SMARTS) is 1. The first-order chi connectivity index (χ1) is 9.65. The molecule has 0 unspecified atom stereocenters. The van der Waals surface area contributed by atoms with Gasteiger partial charge in [-0.2, -0.15) is 0 Å². The molecular formula is C14H12N2O3S. The molecular weight excluding hydrogens is 276 g/mol. The molecule has 6 heteroatoms. The van der Waals surface area contributed by atoms with E-state index in [0.717, 1.165) is 10.4 Å². The SMILES string of the molecule is O=C(O)c1cc2c(s1)CCN(C(=O)c1cccnc1)C2. The van der Waals surface area contributed by atoms with Gasteiger partial charge in [-0.05, 0) is 30.2 Å². The van der Waals surface area contributed by atoms with Crippen molar-refractivity contribution in [3.63, 3.8) is 0 Å². The van der Waals surface area contributed by atoms with Gasteiger partial charge in [-0.1, -0.05) is 0 Å². The minimum absolute atomic E-state index is 0.0631. The number of carbonyl (C=O) groups is 2. The zero-order chi connectivity index (χ0) is 14.1. The second-order valence-electron chi connectivity index (χ2n) is 4.58. The van der Waals surface area contributed by atoms with Crippen molar-refractivity contribution in [3.8, 4) is 0 Å². The predicted molar refractivity (Wildman–Crippen MR) is 74.0 cm³/mol. The van der Waals surface area contributed by atoms with Gasteiger partial charge in [-0.3, -0.25) is 9.78 Å². The van der Waals surface area contributed by atoms with Crippen molar-refractivity contribution in [3.05, 3.63) is 51.5 Å². The van der Waals surface area contributed by atoms with Crippen LogP contribution in [0.15, 0.2) is 30.6 Å². The average Bonchev–Trinajstić information content (AvgIpc) is 2.90. The van der Waals surface area contributed by atoms with Crippen molar-refractivity contribution in [1.29, 1.82) is 0 Å². The molecule has 0 radical (unpaired) electrons. The van der Waals surface area contributed by atoms with Gasteiger partial charge in [0.05, 0.1) is 5.56 Å². The molecule has 5 nitrogen and oxygen atoms in total. The van der Waals surface area contributed by atoms with E-state index in [-0.39, 0.29) is 5.91 Å². The smallest absolute Gasteiger partial charge is 0.345 e. The molecule has 20 heavy (non-hydrogen) atoms. The first-order valence-electron chi connectivity index (χ1n) is 6.19. The maximum atomic E-state index is 12.3. The van der Waals surface area contributed by atoms with Crippen LogP contribution in [0.25, 0.3) is 0 Å². The molecule has 3 rings (SSSR count). The minimum atomic E-state index is -0.908. The van der Waals surface area contributed by atoms with Gasteiger partial charge in [-0.15, -0.1) is 11.3 Å². The molecule has 0 bridgehead atoms. The number of fused-ring (bicyclic) bond motifs is 1. The highest BCUT2D eigenvalue weighted by molar-refractivity contribution is 7.14. The Labute approximate surface area is 119 Å². The molecule has 0 fully saturated rings. The van der Waals surface area contributed by atoms with Crippen molar-refractivity contribution in [2.75, 3.05) is 6.54 Å². The maximum Gasteiger partial charge on any atom is 0.345 e. The third-order valence-corrected chi connectivity index (χ3v) is 4.50. The third kappa shape index (κ3) is 2.30. The molecule has 0 aliphatic carbocycles. The van der Waals surface area contributed by atoms with E-state index in [0.29, 0.717) is 30.0 Å². The fourth-order valence-electron chi connectivity index (χ4n) is 2.28. The Morgan fingerprint density at radius 2 is 2.25 bits per heavy atom. The average molecular weight is 288 g/mol. The second kappa shape index (κ2) is 5.05.